The van der Waals surface area contributed by atoms with Gasteiger partial charge in [0.05, 0.1) is 43.2 Å². The maximum atomic E-state index is 12.3. The van der Waals surface area contributed by atoms with Crippen molar-refractivity contribution in [3.05, 3.63) is 0 Å². The van der Waals surface area contributed by atoms with Gasteiger partial charge in [-0.2, -0.15) is 0 Å². The number of rotatable bonds is 8. The molecule has 0 aromatic carbocycles. The third-order valence-corrected chi connectivity index (χ3v) is 5.89. The van der Waals surface area contributed by atoms with E-state index in [1.54, 1.807) is 7.11 Å². The summed E-state index contributed by atoms with van der Waals surface area (Å²) in [5.41, 5.74) is -0.240. The van der Waals surface area contributed by atoms with Crippen LogP contribution in [0, 0.1) is 5.92 Å². The molecule has 2 amide bonds. The Labute approximate surface area is 144 Å². The highest BCUT2D eigenvalue weighted by Gasteiger charge is 2.54. The van der Waals surface area contributed by atoms with Gasteiger partial charge in [-0.3, -0.25) is 9.59 Å². The van der Waals surface area contributed by atoms with Gasteiger partial charge in [-0.25, -0.2) is 0 Å². The maximum absolute atomic E-state index is 12.3. The molecule has 0 spiro atoms. The maximum Gasteiger partial charge on any atom is 0.225 e. The molecule has 3 unspecified atom stereocenters. The summed E-state index contributed by atoms with van der Waals surface area (Å²) in [5, 5.41) is 3.15. The molecule has 4 aliphatic rings. The molecular formula is C18H30N2O4. The molecule has 1 N–H and O–H groups in total. The Morgan fingerprint density at radius 2 is 2.08 bits per heavy atom. The second kappa shape index (κ2) is 7.00. The van der Waals surface area contributed by atoms with E-state index < -0.39 is 0 Å². The topological polar surface area (TPSA) is 67.9 Å². The van der Waals surface area contributed by atoms with Crippen LogP contribution >= 0.6 is 0 Å². The molecule has 2 saturated carbocycles. The number of nitrogens with one attached hydrogen (secondary N) is 1. The summed E-state index contributed by atoms with van der Waals surface area (Å²) in [5.74, 6) is 0.620. The molecule has 6 nitrogen and oxygen atoms in total. The second-order valence-corrected chi connectivity index (χ2v) is 7.79. The van der Waals surface area contributed by atoms with E-state index in [0.717, 1.165) is 32.2 Å². The van der Waals surface area contributed by atoms with Crippen molar-refractivity contribution in [3.8, 4) is 0 Å². The fraction of sp³-hybridized carbons (Fsp3) is 0.889. The predicted molar refractivity (Wildman–Crippen MR) is 89.5 cm³/mol. The van der Waals surface area contributed by atoms with Gasteiger partial charge in [0.1, 0.15) is 0 Å². The molecule has 136 valence electrons. The minimum Gasteiger partial charge on any atom is -0.378 e. The molecule has 2 aliphatic heterocycles. The summed E-state index contributed by atoms with van der Waals surface area (Å²) in [6.07, 6.45) is 5.10. The smallest absolute Gasteiger partial charge is 0.225 e. The Hall–Kier alpha value is -1.14. The van der Waals surface area contributed by atoms with Gasteiger partial charge in [-0.15, -0.1) is 0 Å². The second-order valence-electron chi connectivity index (χ2n) is 7.79. The zero-order valence-electron chi connectivity index (χ0n) is 15.0. The van der Waals surface area contributed by atoms with Crippen LogP contribution in [0.15, 0.2) is 0 Å². The standard InChI is InChI=1S/C18H30N2O4/c1-12(2)24-8-5-16(22)20-11-13-9-14(20)17(13)19-15(21)10-18(23-3)6-4-7-18/h12-14,17H,4-11H2,1-3H3,(H,19,21). The fourth-order valence-corrected chi connectivity index (χ4v) is 4.20. The third-order valence-electron chi connectivity index (χ3n) is 5.89. The van der Waals surface area contributed by atoms with Gasteiger partial charge in [0.2, 0.25) is 11.8 Å². The van der Waals surface area contributed by atoms with Crippen molar-refractivity contribution in [2.75, 3.05) is 20.3 Å². The Balaban J connectivity index is 1.44. The molecule has 24 heavy (non-hydrogen) atoms. The average Bonchev–Trinajstić information content (AvgIpc) is 3.07. The first-order valence-corrected chi connectivity index (χ1v) is 9.20. The summed E-state index contributed by atoms with van der Waals surface area (Å²) in [6, 6.07) is 0.298. The van der Waals surface area contributed by atoms with Crippen LogP contribution in [0.5, 0.6) is 0 Å². The highest BCUT2D eigenvalue weighted by molar-refractivity contribution is 5.80. The molecule has 0 aromatic heterocycles. The fourth-order valence-electron chi connectivity index (χ4n) is 4.20. The van der Waals surface area contributed by atoms with Gasteiger partial charge < -0.3 is 19.7 Å². The Morgan fingerprint density at radius 3 is 2.67 bits per heavy atom. The number of nitrogens with zero attached hydrogens (tertiary/aromatic N) is 1. The minimum atomic E-state index is -0.240. The predicted octanol–water partition coefficient (Wildman–Crippen LogP) is 1.48. The van der Waals surface area contributed by atoms with Gasteiger partial charge in [0, 0.05) is 19.6 Å². The number of hydrogen-bond donors (Lipinski definition) is 1. The average molecular weight is 338 g/mol. The van der Waals surface area contributed by atoms with Crippen molar-refractivity contribution >= 4 is 11.8 Å². The van der Waals surface area contributed by atoms with Gasteiger partial charge in [-0.1, -0.05) is 0 Å². The van der Waals surface area contributed by atoms with Crippen molar-refractivity contribution in [1.82, 2.24) is 10.2 Å². The lowest BCUT2D eigenvalue weighted by molar-refractivity contribution is -0.138. The molecule has 3 atom stereocenters. The largest absolute Gasteiger partial charge is 0.378 e. The van der Waals surface area contributed by atoms with Gasteiger partial charge in [-0.05, 0) is 39.5 Å². The van der Waals surface area contributed by atoms with Crippen molar-refractivity contribution in [2.45, 2.75) is 76.2 Å². The Kier molecular flexibility index (Phi) is 5.16. The van der Waals surface area contributed by atoms with Crippen LogP contribution in [0.25, 0.3) is 0 Å². The normalized spacial score (nSPS) is 30.0. The highest BCUT2D eigenvalue weighted by Crippen LogP contribution is 2.42. The summed E-state index contributed by atoms with van der Waals surface area (Å²) < 4.78 is 11.0. The van der Waals surface area contributed by atoms with Gasteiger partial charge in [0.15, 0.2) is 0 Å². The molecule has 2 saturated heterocycles. The summed E-state index contributed by atoms with van der Waals surface area (Å²) in [7, 11) is 1.69. The monoisotopic (exact) mass is 338 g/mol. The molecule has 6 heteroatoms. The molecule has 4 fully saturated rings. The molecule has 2 heterocycles. The van der Waals surface area contributed by atoms with Gasteiger partial charge in [0.25, 0.3) is 0 Å². The molecule has 0 radical (unpaired) electrons. The van der Waals surface area contributed by atoms with E-state index in [9.17, 15) is 9.59 Å². The SMILES string of the molecule is COC1(CC(=O)NC2C3CC2N(C(=O)CCOC(C)C)C3)CCC1. The lowest BCUT2D eigenvalue weighted by atomic mass is 9.76. The van der Waals surface area contributed by atoms with E-state index in [2.05, 4.69) is 5.32 Å². The summed E-state index contributed by atoms with van der Waals surface area (Å²) in [6.45, 7) is 5.18. The number of carbonyl (C=O) groups excluding carboxylic acids is 2. The molecule has 2 aliphatic carbocycles. The molecule has 4 rings (SSSR count). The van der Waals surface area contributed by atoms with Crippen molar-refractivity contribution in [3.63, 3.8) is 0 Å². The molecule has 2 bridgehead atoms. The van der Waals surface area contributed by atoms with Crippen molar-refractivity contribution in [2.24, 2.45) is 5.92 Å². The molecular weight excluding hydrogens is 308 g/mol. The van der Waals surface area contributed by atoms with E-state index in [4.69, 9.17) is 9.47 Å². The van der Waals surface area contributed by atoms with Crippen LogP contribution in [0.4, 0.5) is 0 Å². The van der Waals surface area contributed by atoms with E-state index in [1.807, 2.05) is 18.7 Å². The van der Waals surface area contributed by atoms with E-state index >= 15 is 0 Å². The molecule has 0 aromatic rings. The Morgan fingerprint density at radius 1 is 1.33 bits per heavy atom. The van der Waals surface area contributed by atoms with E-state index in [0.29, 0.717) is 25.4 Å². The van der Waals surface area contributed by atoms with E-state index in [1.165, 1.54) is 0 Å². The quantitative estimate of drug-likeness (QED) is 0.728. The third kappa shape index (κ3) is 3.45. The van der Waals surface area contributed by atoms with Crippen molar-refractivity contribution in [1.29, 1.82) is 0 Å². The van der Waals surface area contributed by atoms with Crippen LogP contribution in [-0.2, 0) is 19.1 Å². The zero-order valence-corrected chi connectivity index (χ0v) is 15.0. The number of methoxy groups -OCH3 is 1. The van der Waals surface area contributed by atoms with Crippen LogP contribution < -0.4 is 5.32 Å². The lowest BCUT2D eigenvalue weighted by Gasteiger charge is -2.42. The van der Waals surface area contributed by atoms with Crippen molar-refractivity contribution < 1.29 is 19.1 Å². The zero-order chi connectivity index (χ0) is 17.3. The number of fused-ring (bicyclic) bond motifs is 1. The minimum absolute atomic E-state index is 0.0636. The van der Waals surface area contributed by atoms with Crippen LogP contribution in [0.2, 0.25) is 0 Å². The Bertz CT molecular complexity index is 484. The summed E-state index contributed by atoms with van der Waals surface area (Å²) >= 11 is 0. The van der Waals surface area contributed by atoms with Gasteiger partial charge >= 0.3 is 0 Å². The van der Waals surface area contributed by atoms with Crippen LogP contribution in [0.3, 0.4) is 0 Å². The first kappa shape index (κ1) is 17.7. The number of amides is 2. The first-order valence-electron chi connectivity index (χ1n) is 9.20. The number of ether oxygens (including phenoxy) is 2. The number of hydrogen-bond acceptors (Lipinski definition) is 4. The van der Waals surface area contributed by atoms with E-state index in [-0.39, 0.29) is 35.6 Å². The summed E-state index contributed by atoms with van der Waals surface area (Å²) in [4.78, 5) is 26.6. The van der Waals surface area contributed by atoms with Crippen LogP contribution in [0.1, 0.15) is 52.4 Å². The first-order chi connectivity index (χ1) is 11.4. The lowest BCUT2D eigenvalue weighted by Crippen LogP contribution is -2.56. The number of carbonyl (C=O) groups is 2. The van der Waals surface area contributed by atoms with Crippen LogP contribution in [-0.4, -0.2) is 60.8 Å². The highest BCUT2D eigenvalue weighted by atomic mass is 16.5.